The molecule has 1 aliphatic heterocycles. The molecule has 1 heterocycles. The number of aliphatic imine (C=N–C) groups is 1. The van der Waals surface area contributed by atoms with Gasteiger partial charge in [-0.15, -0.1) is 0 Å². The van der Waals surface area contributed by atoms with Gasteiger partial charge < -0.3 is 20.3 Å². The summed E-state index contributed by atoms with van der Waals surface area (Å²) in [4.78, 5) is 9.45. The first-order valence-corrected chi connectivity index (χ1v) is 10.3. The maximum atomic E-state index is 5.95. The van der Waals surface area contributed by atoms with E-state index in [1.54, 1.807) is 0 Å². The zero-order valence-corrected chi connectivity index (χ0v) is 17.5. The number of nitrogens with one attached hydrogen (secondary N) is 2. The molecule has 0 aromatic heterocycles. The number of hydrogen-bond acceptors (Lipinski definition) is 4. The van der Waals surface area contributed by atoms with Crippen molar-refractivity contribution in [1.29, 1.82) is 0 Å². The van der Waals surface area contributed by atoms with E-state index in [0.29, 0.717) is 19.2 Å². The third-order valence-electron chi connectivity index (χ3n) is 4.93. The molecule has 27 heavy (non-hydrogen) atoms. The summed E-state index contributed by atoms with van der Waals surface area (Å²) in [5, 5.41) is 6.88. The van der Waals surface area contributed by atoms with Crippen molar-refractivity contribution in [3.8, 4) is 5.75 Å². The van der Waals surface area contributed by atoms with E-state index < -0.39 is 0 Å². The van der Waals surface area contributed by atoms with Crippen LogP contribution in [0.2, 0.25) is 0 Å². The second kappa shape index (κ2) is 11.8. The van der Waals surface area contributed by atoms with Gasteiger partial charge in [0.15, 0.2) is 5.96 Å². The van der Waals surface area contributed by atoms with Crippen molar-refractivity contribution in [2.24, 2.45) is 4.99 Å². The first-order chi connectivity index (χ1) is 13.1. The lowest BCUT2D eigenvalue weighted by atomic mass is 10.2. The van der Waals surface area contributed by atoms with E-state index in [-0.39, 0.29) is 0 Å². The van der Waals surface area contributed by atoms with Crippen LogP contribution in [0.25, 0.3) is 0 Å². The highest BCUT2D eigenvalue weighted by atomic mass is 16.5. The number of benzene rings is 1. The Morgan fingerprint density at radius 2 is 2.07 bits per heavy atom. The molecule has 1 unspecified atom stereocenters. The zero-order valence-electron chi connectivity index (χ0n) is 17.5. The molecule has 1 saturated heterocycles. The van der Waals surface area contributed by atoms with Gasteiger partial charge in [-0.1, -0.05) is 25.1 Å². The molecule has 0 amide bonds. The van der Waals surface area contributed by atoms with Crippen LogP contribution in [-0.4, -0.2) is 75.2 Å². The molecule has 0 aliphatic carbocycles. The lowest BCUT2D eigenvalue weighted by Crippen LogP contribution is -2.44. The van der Waals surface area contributed by atoms with Crippen molar-refractivity contribution in [3.05, 3.63) is 29.8 Å². The van der Waals surface area contributed by atoms with E-state index in [4.69, 9.17) is 9.73 Å². The third-order valence-corrected chi connectivity index (χ3v) is 4.93. The molecule has 1 aromatic rings. The van der Waals surface area contributed by atoms with Crippen LogP contribution >= 0.6 is 0 Å². The summed E-state index contributed by atoms with van der Waals surface area (Å²) in [7, 11) is 4.11. The Hall–Kier alpha value is -1.79. The highest BCUT2D eigenvalue weighted by Gasteiger charge is 2.22. The molecule has 1 atom stereocenters. The van der Waals surface area contributed by atoms with Crippen molar-refractivity contribution in [3.63, 3.8) is 0 Å². The van der Waals surface area contributed by atoms with Gasteiger partial charge in [0.05, 0.1) is 6.54 Å². The highest BCUT2D eigenvalue weighted by Crippen LogP contribution is 2.19. The smallest absolute Gasteiger partial charge is 0.191 e. The Morgan fingerprint density at radius 3 is 2.81 bits per heavy atom. The molecule has 0 radical (unpaired) electrons. The Bertz CT molecular complexity index is 575. The maximum absolute atomic E-state index is 5.95. The normalized spacial score (nSPS) is 18.1. The number of nitrogens with zero attached hydrogens (tertiary/aromatic N) is 3. The van der Waals surface area contributed by atoms with Gasteiger partial charge in [-0.2, -0.15) is 0 Å². The molecule has 2 rings (SSSR count). The average Bonchev–Trinajstić information content (AvgIpc) is 3.12. The van der Waals surface area contributed by atoms with Crippen LogP contribution in [0.4, 0.5) is 0 Å². The fourth-order valence-electron chi connectivity index (χ4n) is 3.38. The van der Waals surface area contributed by atoms with E-state index in [0.717, 1.165) is 43.5 Å². The van der Waals surface area contributed by atoms with Crippen molar-refractivity contribution in [2.45, 2.75) is 39.3 Å². The fourth-order valence-corrected chi connectivity index (χ4v) is 3.38. The molecule has 6 heteroatoms. The third kappa shape index (κ3) is 7.39. The van der Waals surface area contributed by atoms with Gasteiger partial charge in [-0.05, 0) is 53.0 Å². The second-order valence-corrected chi connectivity index (χ2v) is 7.26. The van der Waals surface area contributed by atoms with Gasteiger partial charge in [-0.25, -0.2) is 4.99 Å². The molecule has 0 saturated carbocycles. The molecule has 152 valence electrons. The van der Waals surface area contributed by atoms with Crippen LogP contribution in [0.5, 0.6) is 5.75 Å². The van der Waals surface area contributed by atoms with Crippen LogP contribution in [0, 0.1) is 0 Å². The molecular weight excluding hydrogens is 338 g/mol. The van der Waals surface area contributed by atoms with Gasteiger partial charge >= 0.3 is 0 Å². The maximum Gasteiger partial charge on any atom is 0.191 e. The van der Waals surface area contributed by atoms with Gasteiger partial charge in [0.25, 0.3) is 0 Å². The predicted octanol–water partition coefficient (Wildman–Crippen LogP) is 2.17. The lowest BCUT2D eigenvalue weighted by molar-refractivity contribution is 0.259. The van der Waals surface area contributed by atoms with Crippen molar-refractivity contribution >= 4 is 5.96 Å². The minimum absolute atomic E-state index is 0.607. The van der Waals surface area contributed by atoms with Crippen LogP contribution in [-0.2, 0) is 6.54 Å². The van der Waals surface area contributed by atoms with Gasteiger partial charge in [-0.3, -0.25) is 4.90 Å². The zero-order chi connectivity index (χ0) is 19.5. The molecule has 0 bridgehead atoms. The summed E-state index contributed by atoms with van der Waals surface area (Å²) in [6.45, 7) is 10.7. The van der Waals surface area contributed by atoms with Gasteiger partial charge in [0.1, 0.15) is 12.4 Å². The standard InChI is InChI=1S/C21H37N5O/c1-5-22-21(24-17-19-11-9-13-26(19)6-2)23-16-18-10-7-8-12-20(18)27-15-14-25(3)4/h7-8,10,12,19H,5-6,9,11,13-17H2,1-4H3,(H2,22,23,24). The first kappa shape index (κ1) is 21.5. The number of para-hydroxylation sites is 1. The van der Waals surface area contributed by atoms with Crippen LogP contribution in [0.15, 0.2) is 29.3 Å². The number of likely N-dealkylation sites (tertiary alicyclic amines) is 1. The van der Waals surface area contributed by atoms with Crippen molar-refractivity contribution < 1.29 is 4.74 Å². The predicted molar refractivity (Wildman–Crippen MR) is 114 cm³/mol. The summed E-state index contributed by atoms with van der Waals surface area (Å²) >= 11 is 0. The topological polar surface area (TPSA) is 52.1 Å². The van der Waals surface area contributed by atoms with E-state index in [1.807, 2.05) is 18.2 Å². The average molecular weight is 376 g/mol. The number of ether oxygens (including phenoxy) is 1. The Morgan fingerprint density at radius 1 is 1.26 bits per heavy atom. The number of hydrogen-bond donors (Lipinski definition) is 2. The lowest BCUT2D eigenvalue weighted by Gasteiger charge is -2.24. The number of rotatable bonds is 10. The molecule has 0 spiro atoms. The van der Waals surface area contributed by atoms with E-state index in [1.165, 1.54) is 19.4 Å². The quantitative estimate of drug-likeness (QED) is 0.485. The summed E-state index contributed by atoms with van der Waals surface area (Å²) in [5.41, 5.74) is 1.12. The van der Waals surface area contributed by atoms with Crippen molar-refractivity contribution in [2.75, 3.05) is 53.4 Å². The molecular formula is C21H37N5O. The fraction of sp³-hybridized carbons (Fsp3) is 0.667. The van der Waals surface area contributed by atoms with E-state index in [9.17, 15) is 0 Å². The van der Waals surface area contributed by atoms with Gasteiger partial charge in [0.2, 0.25) is 0 Å². The summed E-state index contributed by atoms with van der Waals surface area (Å²) in [6, 6.07) is 8.79. The number of guanidine groups is 1. The molecule has 1 aliphatic rings. The summed E-state index contributed by atoms with van der Waals surface area (Å²) in [6.07, 6.45) is 2.56. The molecule has 2 N–H and O–H groups in total. The van der Waals surface area contributed by atoms with Gasteiger partial charge in [0, 0.05) is 31.2 Å². The number of likely N-dealkylation sites (N-methyl/N-ethyl adjacent to an activating group) is 2. The van der Waals surface area contributed by atoms with Crippen LogP contribution in [0.3, 0.4) is 0 Å². The molecule has 6 nitrogen and oxygen atoms in total. The van der Waals surface area contributed by atoms with E-state index >= 15 is 0 Å². The minimum Gasteiger partial charge on any atom is -0.492 e. The molecule has 1 aromatic carbocycles. The summed E-state index contributed by atoms with van der Waals surface area (Å²) < 4.78 is 5.95. The Balaban J connectivity index is 1.93. The largest absolute Gasteiger partial charge is 0.492 e. The second-order valence-electron chi connectivity index (χ2n) is 7.26. The Labute approximate surface area is 165 Å². The van der Waals surface area contributed by atoms with Crippen LogP contribution < -0.4 is 15.4 Å². The highest BCUT2D eigenvalue weighted by molar-refractivity contribution is 5.79. The minimum atomic E-state index is 0.607. The van der Waals surface area contributed by atoms with Crippen LogP contribution in [0.1, 0.15) is 32.3 Å². The monoisotopic (exact) mass is 375 g/mol. The first-order valence-electron chi connectivity index (χ1n) is 10.3. The van der Waals surface area contributed by atoms with E-state index in [2.05, 4.69) is 54.4 Å². The molecule has 1 fully saturated rings. The Kier molecular flexibility index (Phi) is 9.42. The summed E-state index contributed by atoms with van der Waals surface area (Å²) in [5.74, 6) is 1.80. The van der Waals surface area contributed by atoms with Crippen molar-refractivity contribution in [1.82, 2.24) is 20.4 Å². The SMILES string of the molecule is CCNC(=NCc1ccccc1OCCN(C)C)NCC1CCCN1CC.